The van der Waals surface area contributed by atoms with Crippen molar-refractivity contribution in [3.05, 3.63) is 23.0 Å². The van der Waals surface area contributed by atoms with Crippen LogP contribution in [-0.4, -0.2) is 72.0 Å². The Morgan fingerprint density at radius 3 is 2.86 bits per heavy atom. The molecule has 3 aliphatic rings. The van der Waals surface area contributed by atoms with Crippen LogP contribution >= 0.6 is 24.2 Å². The maximum Gasteiger partial charge on any atom is 0.353 e. The third-order valence-corrected chi connectivity index (χ3v) is 7.48. The van der Waals surface area contributed by atoms with Crippen molar-refractivity contribution in [2.75, 3.05) is 6.54 Å². The molecular formula is C18H26ClN5O4S. The van der Waals surface area contributed by atoms with E-state index in [1.807, 2.05) is 13.1 Å². The second kappa shape index (κ2) is 8.63. The number of aromatic nitrogens is 3. The summed E-state index contributed by atoms with van der Waals surface area (Å²) in [6, 6.07) is 0.0923. The Morgan fingerprint density at radius 2 is 2.24 bits per heavy atom. The first-order chi connectivity index (χ1) is 13.4. The Bertz CT molecular complexity index is 802. The van der Waals surface area contributed by atoms with Crippen molar-refractivity contribution in [3.63, 3.8) is 0 Å². The Balaban J connectivity index is 0.00000240. The lowest BCUT2D eigenvalue weighted by molar-refractivity contribution is -0.163. The molecule has 1 aromatic rings. The van der Waals surface area contributed by atoms with E-state index >= 15 is 0 Å². The number of fused-ring (bicyclic) bond motifs is 1. The summed E-state index contributed by atoms with van der Waals surface area (Å²) in [7, 11) is 0. The monoisotopic (exact) mass is 443 g/mol. The first-order valence-corrected chi connectivity index (χ1v) is 10.5. The highest BCUT2D eigenvalue weighted by Gasteiger charge is 2.60. The molecular weight excluding hydrogens is 418 g/mol. The van der Waals surface area contributed by atoms with E-state index in [2.05, 4.69) is 15.6 Å². The van der Waals surface area contributed by atoms with Gasteiger partial charge in [0.25, 0.3) is 0 Å². The van der Waals surface area contributed by atoms with E-state index in [9.17, 15) is 19.8 Å². The van der Waals surface area contributed by atoms with Crippen molar-refractivity contribution in [2.45, 2.75) is 56.7 Å². The molecule has 0 aromatic carbocycles. The van der Waals surface area contributed by atoms with Crippen molar-refractivity contribution >= 4 is 36.0 Å². The van der Waals surface area contributed by atoms with Crippen molar-refractivity contribution < 1.29 is 19.8 Å². The summed E-state index contributed by atoms with van der Waals surface area (Å²) >= 11 is 1.58. The molecule has 3 aliphatic heterocycles. The van der Waals surface area contributed by atoms with Crippen LogP contribution in [0.1, 0.15) is 26.7 Å². The van der Waals surface area contributed by atoms with E-state index in [-0.39, 0.29) is 41.2 Å². The summed E-state index contributed by atoms with van der Waals surface area (Å²) in [5, 5.41) is 31.2. The van der Waals surface area contributed by atoms with Gasteiger partial charge in [0.1, 0.15) is 5.70 Å². The van der Waals surface area contributed by atoms with Gasteiger partial charge in [0.05, 0.1) is 24.3 Å². The van der Waals surface area contributed by atoms with Crippen molar-refractivity contribution in [3.8, 4) is 0 Å². The Hall–Kier alpha value is -1.62. The number of halogens is 1. The third kappa shape index (κ3) is 3.90. The molecule has 0 bridgehead atoms. The summed E-state index contributed by atoms with van der Waals surface area (Å²) in [4.78, 5) is 26.4. The number of rotatable bonds is 7. The number of carbonyl (C=O) groups excluding carboxylic acids is 1. The molecule has 1 amide bonds. The van der Waals surface area contributed by atoms with E-state index in [0.29, 0.717) is 6.04 Å². The number of hydrogen-bond donors (Lipinski definition) is 3. The average molecular weight is 444 g/mol. The van der Waals surface area contributed by atoms with Crippen LogP contribution in [0.5, 0.6) is 0 Å². The van der Waals surface area contributed by atoms with Crippen LogP contribution in [0.2, 0.25) is 0 Å². The lowest BCUT2D eigenvalue weighted by atomic mass is 9.79. The number of carbonyl (C=O) groups is 2. The lowest BCUT2D eigenvalue weighted by Gasteiger charge is -2.46. The van der Waals surface area contributed by atoms with Gasteiger partial charge >= 0.3 is 5.97 Å². The normalized spacial score (nSPS) is 32.0. The van der Waals surface area contributed by atoms with Crippen LogP contribution in [0.25, 0.3) is 0 Å². The van der Waals surface area contributed by atoms with Gasteiger partial charge < -0.3 is 20.4 Å². The number of carboxylic acids is 1. The van der Waals surface area contributed by atoms with Gasteiger partial charge in [-0.15, -0.1) is 29.3 Å². The van der Waals surface area contributed by atoms with Gasteiger partial charge in [-0.1, -0.05) is 12.1 Å². The second-order valence-corrected chi connectivity index (χ2v) is 9.15. The molecule has 3 N–H and O–H groups in total. The highest BCUT2D eigenvalue weighted by molar-refractivity contribution is 8.03. The number of amides is 1. The number of nitrogens with zero attached hydrogens (tertiary/aromatic N) is 4. The number of aryl methyl sites for hydroxylation is 1. The van der Waals surface area contributed by atoms with E-state index in [1.165, 1.54) is 4.90 Å². The number of aliphatic hydroxyl groups excluding tert-OH is 1. The second-order valence-electron chi connectivity index (χ2n) is 7.81. The van der Waals surface area contributed by atoms with Crippen LogP contribution in [0, 0.1) is 11.8 Å². The van der Waals surface area contributed by atoms with Gasteiger partial charge in [-0.25, -0.2) is 4.79 Å². The molecule has 2 fully saturated rings. The molecule has 0 aliphatic carbocycles. The fourth-order valence-corrected chi connectivity index (χ4v) is 6.11. The standard InChI is InChI=1S/C18H25N5O4S.ClH/c1-9-14-13(10(2)24)17(25)23(14)15(18(26)27)16(9)28-12-7-11(19-8-12)3-5-22-6-4-20-21-22;/h4,6,9-14,19,24H,3,5,7-8H2,1-2H3,(H,26,27);1H/t9-,10-,11+,12+,13-,14-;/m1./s1. The minimum absolute atomic E-state index is 0. The number of aliphatic carboxylic acids is 1. The molecule has 9 nitrogen and oxygen atoms in total. The third-order valence-electron chi connectivity index (χ3n) is 5.96. The Kier molecular flexibility index (Phi) is 6.57. The van der Waals surface area contributed by atoms with Crippen LogP contribution in [0.4, 0.5) is 0 Å². The van der Waals surface area contributed by atoms with E-state index in [0.717, 1.165) is 30.8 Å². The number of β-lactam (4-membered cyclic amide) rings is 1. The summed E-state index contributed by atoms with van der Waals surface area (Å²) in [6.07, 6.45) is 4.59. The lowest BCUT2D eigenvalue weighted by Crippen LogP contribution is -2.63. The zero-order valence-electron chi connectivity index (χ0n) is 16.3. The number of thioether (sulfide) groups is 1. The van der Waals surface area contributed by atoms with Crippen LogP contribution in [-0.2, 0) is 16.1 Å². The Labute approximate surface area is 179 Å². The number of carboxylic acid groups (broad SMARTS) is 1. The van der Waals surface area contributed by atoms with Gasteiger partial charge in [0.2, 0.25) is 5.91 Å². The molecule has 4 heterocycles. The molecule has 2 saturated heterocycles. The number of hydrogen-bond acceptors (Lipinski definition) is 7. The molecule has 1 aromatic heterocycles. The molecule has 4 rings (SSSR count). The van der Waals surface area contributed by atoms with Crippen molar-refractivity contribution in [2.24, 2.45) is 11.8 Å². The first-order valence-electron chi connectivity index (χ1n) is 9.61. The van der Waals surface area contributed by atoms with Crippen molar-refractivity contribution in [1.29, 1.82) is 0 Å². The zero-order chi connectivity index (χ0) is 20.0. The van der Waals surface area contributed by atoms with Crippen LogP contribution in [0.15, 0.2) is 23.0 Å². The van der Waals surface area contributed by atoms with E-state index < -0.39 is 18.0 Å². The quantitative estimate of drug-likeness (QED) is 0.527. The predicted molar refractivity (Wildman–Crippen MR) is 109 cm³/mol. The van der Waals surface area contributed by atoms with Gasteiger partial charge in [0.15, 0.2) is 0 Å². The molecule has 0 spiro atoms. The maximum absolute atomic E-state index is 12.4. The van der Waals surface area contributed by atoms with Crippen LogP contribution < -0.4 is 5.32 Å². The van der Waals surface area contributed by atoms with Gasteiger partial charge in [-0.2, -0.15) is 0 Å². The number of nitrogens with one attached hydrogen (secondary N) is 1. The summed E-state index contributed by atoms with van der Waals surface area (Å²) in [6.45, 7) is 5.14. The number of aliphatic hydroxyl groups is 1. The fourth-order valence-electron chi connectivity index (χ4n) is 4.59. The smallest absolute Gasteiger partial charge is 0.353 e. The fraction of sp³-hybridized carbons (Fsp3) is 0.667. The summed E-state index contributed by atoms with van der Waals surface area (Å²) < 4.78 is 1.80. The SMILES string of the molecule is C[C@@H](O)[C@H]1C(=O)N2C(C(=O)O)=C(S[C@@H]3CN[C@@H](CCn4ccnn4)C3)[C@H](C)[C@H]12.Cl. The van der Waals surface area contributed by atoms with Gasteiger partial charge in [-0.05, 0) is 19.8 Å². The van der Waals surface area contributed by atoms with Gasteiger partial charge in [-0.3, -0.25) is 9.48 Å². The molecule has 0 unspecified atom stereocenters. The molecule has 29 heavy (non-hydrogen) atoms. The maximum atomic E-state index is 12.4. The first kappa shape index (κ1) is 22.1. The molecule has 6 atom stereocenters. The summed E-state index contributed by atoms with van der Waals surface area (Å²) in [5.74, 6) is -1.94. The highest BCUT2D eigenvalue weighted by atomic mass is 35.5. The van der Waals surface area contributed by atoms with Crippen molar-refractivity contribution in [1.82, 2.24) is 25.2 Å². The molecule has 0 saturated carbocycles. The summed E-state index contributed by atoms with van der Waals surface area (Å²) in [5.41, 5.74) is 0.107. The zero-order valence-corrected chi connectivity index (χ0v) is 17.9. The van der Waals surface area contributed by atoms with E-state index in [4.69, 9.17) is 0 Å². The minimum Gasteiger partial charge on any atom is -0.477 e. The molecule has 0 radical (unpaired) electrons. The van der Waals surface area contributed by atoms with Crippen LogP contribution in [0.3, 0.4) is 0 Å². The topological polar surface area (TPSA) is 121 Å². The molecule has 11 heteroatoms. The van der Waals surface area contributed by atoms with E-state index in [1.54, 1.807) is 29.6 Å². The average Bonchev–Trinajstić information content (AvgIpc) is 3.34. The Morgan fingerprint density at radius 1 is 1.48 bits per heavy atom. The minimum atomic E-state index is -1.07. The van der Waals surface area contributed by atoms with Gasteiger partial charge in [0, 0.05) is 41.4 Å². The highest BCUT2D eigenvalue weighted by Crippen LogP contribution is 2.51. The predicted octanol–water partition coefficient (Wildman–Crippen LogP) is 0.707. The largest absolute Gasteiger partial charge is 0.477 e. The molecule has 160 valence electrons.